The first kappa shape index (κ1) is 19.5. The maximum atomic E-state index is 12.4. The molecule has 0 fully saturated rings. The largest absolute Gasteiger partial charge is 0.508 e. The lowest BCUT2D eigenvalue weighted by atomic mass is 10.2. The molecule has 0 saturated carbocycles. The van der Waals surface area contributed by atoms with Crippen molar-refractivity contribution in [2.45, 2.75) is 0 Å². The van der Waals surface area contributed by atoms with E-state index in [1.807, 2.05) is 24.3 Å². The summed E-state index contributed by atoms with van der Waals surface area (Å²) in [4.78, 5) is 25.1. The van der Waals surface area contributed by atoms with E-state index in [9.17, 15) is 9.90 Å². The summed E-state index contributed by atoms with van der Waals surface area (Å²) in [6.07, 6.45) is 4.44. The SMILES string of the molecule is O=C(Nc1cnc(-c2cccc(O)c2)nc1)c1ccc(Oc2ccc(Br)cc2)nc1. The zero-order valence-corrected chi connectivity index (χ0v) is 17.1. The Morgan fingerprint density at radius 1 is 0.933 bits per heavy atom. The minimum Gasteiger partial charge on any atom is -0.508 e. The average molecular weight is 463 g/mol. The minimum absolute atomic E-state index is 0.133. The summed E-state index contributed by atoms with van der Waals surface area (Å²) in [5.74, 6) is 1.26. The summed E-state index contributed by atoms with van der Waals surface area (Å²) < 4.78 is 6.60. The smallest absolute Gasteiger partial charge is 0.257 e. The van der Waals surface area contributed by atoms with Crippen molar-refractivity contribution < 1.29 is 14.6 Å². The van der Waals surface area contributed by atoms with Gasteiger partial charge in [0.2, 0.25) is 5.88 Å². The molecule has 2 N–H and O–H groups in total. The fraction of sp³-hybridized carbons (Fsp3) is 0. The van der Waals surface area contributed by atoms with Crippen LogP contribution < -0.4 is 10.1 Å². The van der Waals surface area contributed by atoms with Gasteiger partial charge in [0.15, 0.2) is 5.82 Å². The number of carbonyl (C=O) groups excluding carboxylic acids is 1. The first-order valence-electron chi connectivity index (χ1n) is 8.89. The van der Waals surface area contributed by atoms with Crippen LogP contribution in [-0.2, 0) is 0 Å². The number of hydrogen-bond acceptors (Lipinski definition) is 6. The molecule has 2 aromatic heterocycles. The Morgan fingerprint density at radius 2 is 1.70 bits per heavy atom. The van der Waals surface area contributed by atoms with Crippen LogP contribution in [0.1, 0.15) is 10.4 Å². The monoisotopic (exact) mass is 462 g/mol. The van der Waals surface area contributed by atoms with Crippen LogP contribution in [0.5, 0.6) is 17.4 Å². The van der Waals surface area contributed by atoms with Crippen molar-refractivity contribution in [3.8, 4) is 28.8 Å². The second kappa shape index (κ2) is 8.71. The number of hydrogen-bond donors (Lipinski definition) is 2. The fourth-order valence-corrected chi connectivity index (χ4v) is 2.85. The predicted molar refractivity (Wildman–Crippen MR) is 116 cm³/mol. The number of pyridine rings is 1. The molecule has 7 nitrogen and oxygen atoms in total. The number of nitrogens with zero attached hydrogens (tertiary/aromatic N) is 3. The lowest BCUT2D eigenvalue weighted by molar-refractivity contribution is 0.102. The molecular formula is C22H15BrN4O3. The Bertz CT molecular complexity index is 1160. The lowest BCUT2D eigenvalue weighted by Gasteiger charge is -2.07. The van der Waals surface area contributed by atoms with Crippen LogP contribution in [-0.4, -0.2) is 26.0 Å². The molecule has 2 heterocycles. The van der Waals surface area contributed by atoms with Crippen molar-refractivity contribution in [1.29, 1.82) is 0 Å². The van der Waals surface area contributed by atoms with E-state index in [0.717, 1.165) is 4.47 Å². The van der Waals surface area contributed by atoms with E-state index in [0.29, 0.717) is 34.3 Å². The summed E-state index contributed by atoms with van der Waals surface area (Å²) in [5.41, 5.74) is 1.49. The molecule has 4 rings (SSSR count). The van der Waals surface area contributed by atoms with E-state index in [2.05, 4.69) is 36.2 Å². The molecule has 0 bridgehead atoms. The molecule has 8 heteroatoms. The standard InChI is InChI=1S/C22H15BrN4O3/c23-16-5-7-19(8-6-16)30-20-9-4-15(11-24-20)22(29)27-17-12-25-21(26-13-17)14-2-1-3-18(28)10-14/h1-13,28H,(H,27,29). The first-order chi connectivity index (χ1) is 14.6. The second-order valence-electron chi connectivity index (χ2n) is 6.24. The number of aromatic nitrogens is 3. The zero-order chi connectivity index (χ0) is 20.9. The summed E-state index contributed by atoms with van der Waals surface area (Å²) in [6, 6.07) is 17.2. The van der Waals surface area contributed by atoms with Gasteiger partial charge < -0.3 is 15.2 Å². The van der Waals surface area contributed by atoms with Crippen LogP contribution in [0.15, 0.2) is 83.7 Å². The van der Waals surface area contributed by atoms with Crippen molar-refractivity contribution in [3.63, 3.8) is 0 Å². The third kappa shape index (κ3) is 4.79. The van der Waals surface area contributed by atoms with Gasteiger partial charge in [-0.25, -0.2) is 15.0 Å². The highest BCUT2D eigenvalue weighted by Crippen LogP contribution is 2.22. The highest BCUT2D eigenvalue weighted by molar-refractivity contribution is 9.10. The number of anilines is 1. The summed E-state index contributed by atoms with van der Waals surface area (Å²) in [5, 5.41) is 12.3. The molecule has 0 saturated heterocycles. The van der Waals surface area contributed by atoms with Gasteiger partial charge in [-0.15, -0.1) is 0 Å². The first-order valence-corrected chi connectivity index (χ1v) is 9.68. The Kier molecular flexibility index (Phi) is 5.67. The van der Waals surface area contributed by atoms with Crippen LogP contribution in [0.3, 0.4) is 0 Å². The minimum atomic E-state index is -0.341. The summed E-state index contributed by atoms with van der Waals surface area (Å²) in [6.45, 7) is 0. The van der Waals surface area contributed by atoms with E-state index >= 15 is 0 Å². The number of nitrogens with one attached hydrogen (secondary N) is 1. The van der Waals surface area contributed by atoms with Crippen LogP contribution >= 0.6 is 15.9 Å². The van der Waals surface area contributed by atoms with Crippen LogP contribution in [0, 0.1) is 0 Å². The summed E-state index contributed by atoms with van der Waals surface area (Å²) >= 11 is 3.37. The Morgan fingerprint density at radius 3 is 2.37 bits per heavy atom. The van der Waals surface area contributed by atoms with Gasteiger partial charge in [-0.05, 0) is 42.5 Å². The quantitative estimate of drug-likeness (QED) is 0.430. The molecule has 0 radical (unpaired) electrons. The Labute approximate surface area is 180 Å². The van der Waals surface area contributed by atoms with Crippen molar-refractivity contribution >= 4 is 27.5 Å². The van der Waals surface area contributed by atoms with Gasteiger partial charge in [0.05, 0.1) is 23.6 Å². The van der Waals surface area contributed by atoms with E-state index in [1.165, 1.54) is 18.6 Å². The predicted octanol–water partition coefficient (Wildman–Crippen LogP) is 5.05. The number of halogens is 1. The second-order valence-corrected chi connectivity index (χ2v) is 7.16. The highest BCUT2D eigenvalue weighted by atomic mass is 79.9. The maximum Gasteiger partial charge on any atom is 0.257 e. The highest BCUT2D eigenvalue weighted by Gasteiger charge is 2.09. The molecule has 30 heavy (non-hydrogen) atoms. The molecule has 4 aromatic rings. The number of ether oxygens (including phenoxy) is 1. The number of amides is 1. The number of phenolic OH excluding ortho intramolecular Hbond substituents is 1. The van der Waals surface area contributed by atoms with Crippen molar-refractivity contribution in [1.82, 2.24) is 15.0 Å². The van der Waals surface area contributed by atoms with Gasteiger partial charge >= 0.3 is 0 Å². The van der Waals surface area contributed by atoms with Gasteiger partial charge in [-0.2, -0.15) is 0 Å². The normalized spacial score (nSPS) is 10.4. The fourth-order valence-electron chi connectivity index (χ4n) is 2.59. The average Bonchev–Trinajstić information content (AvgIpc) is 2.76. The number of phenols is 1. The molecule has 2 aromatic carbocycles. The number of carbonyl (C=O) groups is 1. The van der Waals surface area contributed by atoms with Crippen molar-refractivity contribution in [2.24, 2.45) is 0 Å². The van der Waals surface area contributed by atoms with Gasteiger partial charge in [-0.1, -0.05) is 28.1 Å². The molecular weight excluding hydrogens is 448 g/mol. The van der Waals surface area contributed by atoms with Gasteiger partial charge in [0, 0.05) is 22.3 Å². The molecule has 148 valence electrons. The van der Waals surface area contributed by atoms with Gasteiger partial charge in [-0.3, -0.25) is 4.79 Å². The number of benzene rings is 2. The van der Waals surface area contributed by atoms with E-state index < -0.39 is 0 Å². The zero-order valence-electron chi connectivity index (χ0n) is 15.5. The summed E-state index contributed by atoms with van der Waals surface area (Å²) in [7, 11) is 0. The van der Waals surface area contributed by atoms with Gasteiger partial charge in [0.1, 0.15) is 11.5 Å². The number of rotatable bonds is 5. The topological polar surface area (TPSA) is 97.2 Å². The molecule has 0 atom stereocenters. The maximum absolute atomic E-state index is 12.4. The van der Waals surface area contributed by atoms with Crippen molar-refractivity contribution in [2.75, 3.05) is 5.32 Å². The molecule has 0 spiro atoms. The molecule has 0 aliphatic carbocycles. The molecule has 0 unspecified atom stereocenters. The van der Waals surface area contributed by atoms with E-state index in [-0.39, 0.29) is 11.7 Å². The third-order valence-electron chi connectivity index (χ3n) is 4.05. The Hall–Kier alpha value is -3.78. The number of aromatic hydroxyl groups is 1. The Balaban J connectivity index is 1.40. The molecule has 1 amide bonds. The van der Waals surface area contributed by atoms with E-state index in [4.69, 9.17) is 4.74 Å². The van der Waals surface area contributed by atoms with Crippen LogP contribution in [0.25, 0.3) is 11.4 Å². The van der Waals surface area contributed by atoms with Crippen LogP contribution in [0.2, 0.25) is 0 Å². The molecule has 0 aliphatic heterocycles. The van der Waals surface area contributed by atoms with Crippen LogP contribution in [0.4, 0.5) is 5.69 Å². The van der Waals surface area contributed by atoms with E-state index in [1.54, 1.807) is 36.4 Å². The third-order valence-corrected chi connectivity index (χ3v) is 4.58. The van der Waals surface area contributed by atoms with Gasteiger partial charge in [0.25, 0.3) is 5.91 Å². The lowest BCUT2D eigenvalue weighted by Crippen LogP contribution is -2.12. The molecule has 0 aliphatic rings. The van der Waals surface area contributed by atoms with Crippen molar-refractivity contribution in [3.05, 3.63) is 89.3 Å².